The summed E-state index contributed by atoms with van der Waals surface area (Å²) in [5.41, 5.74) is 4.53. The molecular weight excluding hydrogens is 224 g/mol. The molecule has 0 bridgehead atoms. The largest absolute Gasteiger partial charge is 0.356 e. The van der Waals surface area contributed by atoms with Gasteiger partial charge < -0.3 is 9.84 Å². The number of nitrogens with zero attached hydrogens (tertiary/aromatic N) is 1. The molecule has 3 heteroatoms. The lowest BCUT2D eigenvalue weighted by Crippen LogP contribution is -2.13. The van der Waals surface area contributed by atoms with Crippen molar-refractivity contribution in [1.29, 1.82) is 0 Å². The maximum absolute atomic E-state index is 5.43. The third-order valence-corrected chi connectivity index (χ3v) is 2.95. The summed E-state index contributed by atoms with van der Waals surface area (Å²) in [4.78, 5) is 0. The Hall–Kier alpha value is -1.61. The zero-order valence-electron chi connectivity index (χ0n) is 11.3. The molecule has 0 amide bonds. The number of hydrogen-bond acceptors (Lipinski definition) is 3. The van der Waals surface area contributed by atoms with Crippen molar-refractivity contribution in [1.82, 2.24) is 10.5 Å². The third kappa shape index (κ3) is 2.99. The Morgan fingerprint density at radius 1 is 1.22 bits per heavy atom. The van der Waals surface area contributed by atoms with Gasteiger partial charge in [-0.25, -0.2) is 0 Å². The molecule has 1 N–H and O–H groups in total. The number of aromatic nitrogens is 1. The minimum Gasteiger partial charge on any atom is -0.356 e. The van der Waals surface area contributed by atoms with E-state index in [9.17, 15) is 0 Å². The average Bonchev–Trinajstić information content (AvgIpc) is 2.81. The SMILES string of the molecule is CCCNCc1cc(-c2cc(C)ccc2C)on1. The van der Waals surface area contributed by atoms with Crippen molar-refractivity contribution in [3.05, 3.63) is 41.1 Å². The lowest BCUT2D eigenvalue weighted by atomic mass is 10.0. The van der Waals surface area contributed by atoms with Crippen molar-refractivity contribution in [2.75, 3.05) is 6.54 Å². The summed E-state index contributed by atoms with van der Waals surface area (Å²) in [5.74, 6) is 0.851. The van der Waals surface area contributed by atoms with Crippen molar-refractivity contribution in [3.63, 3.8) is 0 Å². The fourth-order valence-corrected chi connectivity index (χ4v) is 1.92. The highest BCUT2D eigenvalue weighted by molar-refractivity contribution is 5.62. The number of benzene rings is 1. The smallest absolute Gasteiger partial charge is 0.167 e. The quantitative estimate of drug-likeness (QED) is 0.818. The molecule has 3 nitrogen and oxygen atoms in total. The molecular formula is C15H20N2O. The van der Waals surface area contributed by atoms with Crippen LogP contribution in [-0.2, 0) is 6.54 Å². The second-order valence-corrected chi connectivity index (χ2v) is 4.68. The molecule has 0 saturated heterocycles. The van der Waals surface area contributed by atoms with E-state index < -0.39 is 0 Å². The molecule has 0 atom stereocenters. The van der Waals surface area contributed by atoms with Gasteiger partial charge in [-0.3, -0.25) is 0 Å². The molecule has 0 aliphatic rings. The van der Waals surface area contributed by atoms with Crippen LogP contribution in [0.5, 0.6) is 0 Å². The predicted octanol–water partition coefficient (Wildman–Crippen LogP) is 3.46. The lowest BCUT2D eigenvalue weighted by molar-refractivity contribution is 0.420. The molecule has 0 aliphatic heterocycles. The van der Waals surface area contributed by atoms with Gasteiger partial charge in [0, 0.05) is 18.2 Å². The van der Waals surface area contributed by atoms with E-state index in [2.05, 4.69) is 49.4 Å². The monoisotopic (exact) mass is 244 g/mol. The molecule has 0 aliphatic carbocycles. The van der Waals surface area contributed by atoms with E-state index in [-0.39, 0.29) is 0 Å². The topological polar surface area (TPSA) is 38.1 Å². The summed E-state index contributed by atoms with van der Waals surface area (Å²) in [5, 5.41) is 7.42. The minimum atomic E-state index is 0.766. The van der Waals surface area contributed by atoms with Crippen LogP contribution in [0.4, 0.5) is 0 Å². The van der Waals surface area contributed by atoms with Gasteiger partial charge in [-0.1, -0.05) is 29.8 Å². The zero-order chi connectivity index (χ0) is 13.0. The molecule has 0 spiro atoms. The number of hydrogen-bond donors (Lipinski definition) is 1. The fourth-order valence-electron chi connectivity index (χ4n) is 1.92. The lowest BCUT2D eigenvalue weighted by Gasteiger charge is -2.02. The second-order valence-electron chi connectivity index (χ2n) is 4.68. The summed E-state index contributed by atoms with van der Waals surface area (Å²) in [6.45, 7) is 8.10. The molecule has 1 heterocycles. The van der Waals surface area contributed by atoms with Gasteiger partial charge in [0.2, 0.25) is 0 Å². The third-order valence-electron chi connectivity index (χ3n) is 2.95. The van der Waals surface area contributed by atoms with Crippen molar-refractivity contribution in [3.8, 4) is 11.3 Å². The number of nitrogens with one attached hydrogen (secondary N) is 1. The normalized spacial score (nSPS) is 10.8. The van der Waals surface area contributed by atoms with Crippen LogP contribution in [0.15, 0.2) is 28.8 Å². The van der Waals surface area contributed by atoms with E-state index >= 15 is 0 Å². The van der Waals surface area contributed by atoms with E-state index in [1.807, 2.05) is 6.07 Å². The predicted molar refractivity (Wildman–Crippen MR) is 73.4 cm³/mol. The van der Waals surface area contributed by atoms with Crippen molar-refractivity contribution in [2.45, 2.75) is 33.7 Å². The van der Waals surface area contributed by atoms with Crippen LogP contribution in [0, 0.1) is 13.8 Å². The first-order valence-corrected chi connectivity index (χ1v) is 6.44. The first-order valence-electron chi connectivity index (χ1n) is 6.44. The summed E-state index contributed by atoms with van der Waals surface area (Å²) in [6, 6.07) is 8.38. The molecule has 1 aromatic carbocycles. The summed E-state index contributed by atoms with van der Waals surface area (Å²) in [6.07, 6.45) is 1.13. The molecule has 2 aromatic rings. The fraction of sp³-hybridized carbons (Fsp3) is 0.400. The van der Waals surface area contributed by atoms with Crippen LogP contribution in [0.2, 0.25) is 0 Å². The molecule has 1 aromatic heterocycles. The van der Waals surface area contributed by atoms with Gasteiger partial charge in [0.15, 0.2) is 5.76 Å². The van der Waals surface area contributed by atoms with Gasteiger partial charge in [0.1, 0.15) is 0 Å². The van der Waals surface area contributed by atoms with E-state index in [0.717, 1.165) is 36.5 Å². The Bertz CT molecular complexity index is 517. The van der Waals surface area contributed by atoms with E-state index in [1.165, 1.54) is 11.1 Å². The molecule has 96 valence electrons. The highest BCUT2D eigenvalue weighted by atomic mass is 16.5. The highest BCUT2D eigenvalue weighted by Crippen LogP contribution is 2.25. The van der Waals surface area contributed by atoms with Crippen LogP contribution < -0.4 is 5.32 Å². The Kier molecular flexibility index (Phi) is 4.15. The molecule has 2 rings (SSSR count). The summed E-state index contributed by atoms with van der Waals surface area (Å²) < 4.78 is 5.43. The average molecular weight is 244 g/mol. The summed E-state index contributed by atoms with van der Waals surface area (Å²) in [7, 11) is 0. The Morgan fingerprint density at radius 3 is 2.83 bits per heavy atom. The van der Waals surface area contributed by atoms with E-state index in [1.54, 1.807) is 0 Å². The van der Waals surface area contributed by atoms with Crippen LogP contribution in [0.25, 0.3) is 11.3 Å². The second kappa shape index (κ2) is 5.83. The molecule has 0 saturated carbocycles. The van der Waals surface area contributed by atoms with Gasteiger partial charge in [-0.05, 0) is 38.4 Å². The first kappa shape index (κ1) is 12.8. The molecule has 0 radical (unpaired) electrons. The summed E-state index contributed by atoms with van der Waals surface area (Å²) >= 11 is 0. The van der Waals surface area contributed by atoms with Gasteiger partial charge in [0.05, 0.1) is 5.69 Å². The maximum Gasteiger partial charge on any atom is 0.167 e. The Labute approximate surface area is 108 Å². The number of aryl methyl sites for hydroxylation is 2. The van der Waals surface area contributed by atoms with Crippen molar-refractivity contribution < 1.29 is 4.52 Å². The van der Waals surface area contributed by atoms with Gasteiger partial charge in [0.25, 0.3) is 0 Å². The number of rotatable bonds is 5. The van der Waals surface area contributed by atoms with Crippen molar-refractivity contribution >= 4 is 0 Å². The Morgan fingerprint density at radius 2 is 2.06 bits per heavy atom. The van der Waals surface area contributed by atoms with Crippen LogP contribution in [-0.4, -0.2) is 11.7 Å². The maximum atomic E-state index is 5.43. The zero-order valence-corrected chi connectivity index (χ0v) is 11.3. The van der Waals surface area contributed by atoms with Crippen LogP contribution >= 0.6 is 0 Å². The van der Waals surface area contributed by atoms with Crippen LogP contribution in [0.1, 0.15) is 30.2 Å². The van der Waals surface area contributed by atoms with Crippen molar-refractivity contribution in [2.24, 2.45) is 0 Å². The van der Waals surface area contributed by atoms with Gasteiger partial charge in [-0.15, -0.1) is 0 Å². The standard InChI is InChI=1S/C15H20N2O/c1-4-7-16-10-13-9-15(18-17-13)14-8-11(2)5-6-12(14)3/h5-6,8-9,16H,4,7,10H2,1-3H3. The van der Waals surface area contributed by atoms with Gasteiger partial charge >= 0.3 is 0 Å². The van der Waals surface area contributed by atoms with Crippen LogP contribution in [0.3, 0.4) is 0 Å². The van der Waals surface area contributed by atoms with E-state index in [4.69, 9.17) is 4.52 Å². The molecule has 0 unspecified atom stereocenters. The first-order chi connectivity index (χ1) is 8.70. The molecule has 0 fully saturated rings. The highest BCUT2D eigenvalue weighted by Gasteiger charge is 2.09. The van der Waals surface area contributed by atoms with Gasteiger partial charge in [-0.2, -0.15) is 0 Å². The molecule has 18 heavy (non-hydrogen) atoms. The minimum absolute atomic E-state index is 0.766. The van der Waals surface area contributed by atoms with E-state index in [0.29, 0.717) is 0 Å². The Balaban J connectivity index is 2.16.